The van der Waals surface area contributed by atoms with Crippen LogP contribution in [0.15, 0.2) is 66.8 Å². The van der Waals surface area contributed by atoms with Crippen LogP contribution in [0.3, 0.4) is 0 Å². The summed E-state index contributed by atoms with van der Waals surface area (Å²) in [6.07, 6.45) is 2.37. The summed E-state index contributed by atoms with van der Waals surface area (Å²) in [5.74, 6) is -0.611. The van der Waals surface area contributed by atoms with Gasteiger partial charge in [-0.3, -0.25) is 9.59 Å². The van der Waals surface area contributed by atoms with Gasteiger partial charge in [0.05, 0.1) is 32.3 Å². The number of ketones is 1. The van der Waals surface area contributed by atoms with E-state index in [1.54, 1.807) is 53.4 Å². The first-order valence-corrected chi connectivity index (χ1v) is 12.6. The lowest BCUT2D eigenvalue weighted by molar-refractivity contribution is -0.896. The highest BCUT2D eigenvalue weighted by atomic mass is 16.5. The van der Waals surface area contributed by atoms with E-state index < -0.39 is 23.5 Å². The molecular formula is C29H36N2O5. The molecule has 1 heterocycles. The van der Waals surface area contributed by atoms with Crippen molar-refractivity contribution in [2.24, 2.45) is 0 Å². The number of hydrogen-bond donors (Lipinski definition) is 1. The van der Waals surface area contributed by atoms with Gasteiger partial charge in [0.25, 0.3) is 5.91 Å². The molecule has 0 aliphatic carbocycles. The average Bonchev–Trinajstić information content (AvgIpc) is 3.15. The number of ether oxygens (including phenoxy) is 2. The number of carbonyl (C=O) groups is 2. The highest BCUT2D eigenvalue weighted by molar-refractivity contribution is 6.46. The molecule has 0 spiro atoms. The van der Waals surface area contributed by atoms with E-state index in [1.165, 1.54) is 4.90 Å². The van der Waals surface area contributed by atoms with Gasteiger partial charge in [0.1, 0.15) is 18.1 Å². The number of Topliss-reactive ketones (excluding diaryl/α,β-unsaturated/α-hetero) is 1. The van der Waals surface area contributed by atoms with Crippen molar-refractivity contribution in [3.8, 4) is 11.5 Å². The Kier molecular flexibility index (Phi) is 9.70. The van der Waals surface area contributed by atoms with Crippen LogP contribution in [0.5, 0.6) is 11.5 Å². The molecule has 1 fully saturated rings. The molecule has 3 rings (SSSR count). The zero-order valence-corrected chi connectivity index (χ0v) is 21.4. The molecule has 2 aromatic rings. The molecule has 0 radical (unpaired) electrons. The molecule has 1 N–H and O–H groups in total. The first-order chi connectivity index (χ1) is 17.4. The van der Waals surface area contributed by atoms with Crippen LogP contribution in [0, 0.1) is 0 Å². The highest BCUT2D eigenvalue weighted by Crippen LogP contribution is 2.39. The predicted molar refractivity (Wildman–Crippen MR) is 138 cm³/mol. The Bertz CT molecular complexity index is 1090. The van der Waals surface area contributed by atoms with E-state index in [0.717, 1.165) is 26.1 Å². The minimum Gasteiger partial charge on any atom is -0.872 e. The number of nitrogens with one attached hydrogen (secondary N) is 1. The average molecular weight is 493 g/mol. The molecule has 1 amide bonds. The van der Waals surface area contributed by atoms with Gasteiger partial charge in [0, 0.05) is 18.5 Å². The minimum absolute atomic E-state index is 0.0276. The van der Waals surface area contributed by atoms with Crippen LogP contribution >= 0.6 is 0 Å². The lowest BCUT2D eigenvalue weighted by Crippen LogP contribution is -3.11. The summed E-state index contributed by atoms with van der Waals surface area (Å²) in [5.41, 5.74) is 0.980. The second-order valence-corrected chi connectivity index (χ2v) is 8.66. The van der Waals surface area contributed by atoms with E-state index >= 15 is 0 Å². The number of likely N-dealkylation sites (tertiary alicyclic amines) is 1. The maximum atomic E-state index is 13.6. The fraction of sp³-hybridized carbons (Fsp3) is 0.379. The lowest BCUT2D eigenvalue weighted by atomic mass is 9.95. The predicted octanol–water partition coefficient (Wildman–Crippen LogP) is 2.19. The molecule has 0 saturated carbocycles. The molecule has 36 heavy (non-hydrogen) atoms. The molecule has 0 bridgehead atoms. The Morgan fingerprint density at radius 1 is 1.06 bits per heavy atom. The fourth-order valence-electron chi connectivity index (χ4n) is 4.50. The molecular weight excluding hydrogens is 456 g/mol. The first kappa shape index (κ1) is 27.0. The van der Waals surface area contributed by atoms with E-state index in [1.807, 2.05) is 13.0 Å². The quantitative estimate of drug-likeness (QED) is 0.201. The summed E-state index contributed by atoms with van der Waals surface area (Å²) >= 11 is 0. The Hall–Kier alpha value is -3.58. The molecule has 1 atom stereocenters. The van der Waals surface area contributed by atoms with Gasteiger partial charge in [0.15, 0.2) is 0 Å². The van der Waals surface area contributed by atoms with Crippen LogP contribution < -0.4 is 19.5 Å². The first-order valence-electron chi connectivity index (χ1n) is 12.6. The van der Waals surface area contributed by atoms with Crippen LogP contribution in [0.25, 0.3) is 5.76 Å². The topological polar surface area (TPSA) is 83.3 Å². The summed E-state index contributed by atoms with van der Waals surface area (Å²) in [4.78, 5) is 29.4. The maximum Gasteiger partial charge on any atom is 0.295 e. The number of hydrogen-bond acceptors (Lipinski definition) is 5. The van der Waals surface area contributed by atoms with Gasteiger partial charge in [-0.2, -0.15) is 0 Å². The summed E-state index contributed by atoms with van der Waals surface area (Å²) in [5, 5.41) is 13.6. The third-order valence-electron chi connectivity index (χ3n) is 6.43. The van der Waals surface area contributed by atoms with Crippen molar-refractivity contribution in [3.05, 3.63) is 77.9 Å². The van der Waals surface area contributed by atoms with Crippen LogP contribution in [0.2, 0.25) is 0 Å². The SMILES string of the molecule is C=CCOc1cccc(C2C(=C([O-])c3ccc(OCC)cc3)C(=O)C(=O)N2CCC[NH+](CC)CC)c1. The summed E-state index contributed by atoms with van der Waals surface area (Å²) in [7, 11) is 0. The highest BCUT2D eigenvalue weighted by Gasteiger charge is 2.44. The zero-order valence-electron chi connectivity index (χ0n) is 21.4. The molecule has 1 aliphatic heterocycles. The van der Waals surface area contributed by atoms with Gasteiger partial charge in [0.2, 0.25) is 5.78 Å². The van der Waals surface area contributed by atoms with Gasteiger partial charge in [-0.25, -0.2) is 0 Å². The minimum atomic E-state index is -0.775. The Morgan fingerprint density at radius 3 is 2.42 bits per heavy atom. The van der Waals surface area contributed by atoms with Gasteiger partial charge in [-0.05, 0) is 56.2 Å². The lowest BCUT2D eigenvalue weighted by Gasteiger charge is -2.28. The standard InChI is InChI=1S/C29H36N2O5/c1-5-19-36-24-12-9-11-22(20-24)26-25(27(32)21-13-15-23(16-14-21)35-8-4)28(33)29(34)31(26)18-10-17-30(6-2)7-3/h5,9,11-16,20,26,32H,1,6-8,10,17-19H2,2-4H3. The summed E-state index contributed by atoms with van der Waals surface area (Å²) in [6.45, 7) is 13.9. The Labute approximate surface area is 213 Å². The second-order valence-electron chi connectivity index (χ2n) is 8.66. The third-order valence-corrected chi connectivity index (χ3v) is 6.43. The molecule has 2 aromatic carbocycles. The molecule has 0 aromatic heterocycles. The molecule has 7 heteroatoms. The van der Waals surface area contributed by atoms with Gasteiger partial charge < -0.3 is 24.4 Å². The third kappa shape index (κ3) is 6.15. The van der Waals surface area contributed by atoms with Crippen LogP contribution in [-0.2, 0) is 9.59 Å². The number of quaternary nitrogens is 1. The second kappa shape index (κ2) is 12.9. The van der Waals surface area contributed by atoms with Crippen molar-refractivity contribution in [1.82, 2.24) is 4.90 Å². The number of rotatable bonds is 13. The zero-order chi connectivity index (χ0) is 26.1. The van der Waals surface area contributed by atoms with Crippen LogP contribution in [0.1, 0.15) is 44.4 Å². The molecule has 192 valence electrons. The Balaban J connectivity index is 2.03. The van der Waals surface area contributed by atoms with E-state index in [-0.39, 0.29) is 5.57 Å². The molecule has 7 nitrogen and oxygen atoms in total. The van der Waals surface area contributed by atoms with E-state index in [9.17, 15) is 14.7 Å². The smallest absolute Gasteiger partial charge is 0.295 e. The number of nitrogens with zero attached hydrogens (tertiary/aromatic N) is 1. The van der Waals surface area contributed by atoms with E-state index in [4.69, 9.17) is 9.47 Å². The summed E-state index contributed by atoms with van der Waals surface area (Å²) in [6, 6.07) is 13.1. The van der Waals surface area contributed by atoms with Gasteiger partial charge in [-0.15, -0.1) is 0 Å². The van der Waals surface area contributed by atoms with E-state index in [0.29, 0.717) is 42.4 Å². The van der Waals surface area contributed by atoms with Crippen molar-refractivity contribution < 1.29 is 29.1 Å². The normalized spacial score (nSPS) is 17.0. The van der Waals surface area contributed by atoms with Crippen molar-refractivity contribution in [3.63, 3.8) is 0 Å². The molecule has 1 saturated heterocycles. The van der Waals surface area contributed by atoms with Crippen LogP contribution in [0.4, 0.5) is 0 Å². The number of carbonyl (C=O) groups excluding carboxylic acids is 2. The number of amides is 1. The largest absolute Gasteiger partial charge is 0.872 e. The molecule has 1 unspecified atom stereocenters. The van der Waals surface area contributed by atoms with Crippen molar-refractivity contribution in [2.45, 2.75) is 33.2 Å². The molecule has 1 aliphatic rings. The maximum absolute atomic E-state index is 13.6. The van der Waals surface area contributed by atoms with Gasteiger partial charge >= 0.3 is 0 Å². The van der Waals surface area contributed by atoms with E-state index in [2.05, 4.69) is 20.4 Å². The monoisotopic (exact) mass is 492 g/mol. The fourth-order valence-corrected chi connectivity index (χ4v) is 4.50. The summed E-state index contributed by atoms with van der Waals surface area (Å²) < 4.78 is 11.2. The van der Waals surface area contributed by atoms with Crippen molar-refractivity contribution in [2.75, 3.05) is 39.4 Å². The van der Waals surface area contributed by atoms with Gasteiger partial charge in [-0.1, -0.05) is 42.7 Å². The van der Waals surface area contributed by atoms with Crippen molar-refractivity contribution >= 4 is 17.4 Å². The number of benzene rings is 2. The van der Waals surface area contributed by atoms with Crippen LogP contribution in [-0.4, -0.2) is 56.0 Å². The van der Waals surface area contributed by atoms with Crippen molar-refractivity contribution in [1.29, 1.82) is 0 Å². The Morgan fingerprint density at radius 2 is 1.78 bits per heavy atom.